The number of aryl methyl sites for hydroxylation is 2. The van der Waals surface area contributed by atoms with Gasteiger partial charge >= 0.3 is 0 Å². The molecule has 174 valence electrons. The van der Waals surface area contributed by atoms with E-state index in [2.05, 4.69) is 19.2 Å². The van der Waals surface area contributed by atoms with Gasteiger partial charge in [-0.15, -0.1) is 0 Å². The molecule has 3 heterocycles. The summed E-state index contributed by atoms with van der Waals surface area (Å²) >= 11 is 0. The van der Waals surface area contributed by atoms with Gasteiger partial charge in [0, 0.05) is 42.4 Å². The van der Waals surface area contributed by atoms with E-state index >= 15 is 0 Å². The van der Waals surface area contributed by atoms with Crippen LogP contribution in [0.15, 0.2) is 6.07 Å². The summed E-state index contributed by atoms with van der Waals surface area (Å²) < 4.78 is 1.90. The van der Waals surface area contributed by atoms with E-state index in [-0.39, 0.29) is 23.8 Å². The van der Waals surface area contributed by atoms with Crippen LogP contribution in [0.1, 0.15) is 93.9 Å². The summed E-state index contributed by atoms with van der Waals surface area (Å²) in [6, 6.07) is 2.41. The Hall–Kier alpha value is -2.44. The average Bonchev–Trinajstić information content (AvgIpc) is 3.52. The molecule has 32 heavy (non-hydrogen) atoms. The van der Waals surface area contributed by atoms with Crippen molar-refractivity contribution in [1.29, 1.82) is 0 Å². The van der Waals surface area contributed by atoms with Gasteiger partial charge in [-0.3, -0.25) is 9.59 Å². The van der Waals surface area contributed by atoms with Crippen LogP contribution in [-0.4, -0.2) is 43.9 Å². The van der Waals surface area contributed by atoms with E-state index in [1.807, 2.05) is 29.3 Å². The molecule has 2 amide bonds. The van der Waals surface area contributed by atoms with E-state index in [0.717, 1.165) is 66.9 Å². The number of carbonyl (C=O) groups excluding carboxylic acids is 2. The van der Waals surface area contributed by atoms with Crippen LogP contribution in [-0.2, 0) is 16.0 Å². The number of nitrogens with one attached hydrogen (secondary N) is 1. The minimum atomic E-state index is 0.0264. The monoisotopic (exact) mass is 439 g/mol. The Morgan fingerprint density at radius 1 is 1.19 bits per heavy atom. The highest BCUT2D eigenvalue weighted by Crippen LogP contribution is 2.33. The van der Waals surface area contributed by atoms with Gasteiger partial charge in [0.2, 0.25) is 11.8 Å². The minimum Gasteiger partial charge on any atom is -0.353 e. The molecule has 0 radical (unpaired) electrons. The zero-order valence-electron chi connectivity index (χ0n) is 20.0. The molecular weight excluding hydrogens is 402 g/mol. The second-order valence-electron chi connectivity index (χ2n) is 9.65. The van der Waals surface area contributed by atoms with Crippen LogP contribution in [0.5, 0.6) is 0 Å². The van der Waals surface area contributed by atoms with Gasteiger partial charge in [0.1, 0.15) is 0 Å². The molecule has 0 spiro atoms. The average molecular weight is 440 g/mol. The highest BCUT2D eigenvalue weighted by Gasteiger charge is 2.33. The first-order valence-corrected chi connectivity index (χ1v) is 12.3. The minimum absolute atomic E-state index is 0.0264. The fourth-order valence-corrected chi connectivity index (χ4v) is 5.27. The van der Waals surface area contributed by atoms with E-state index in [1.165, 1.54) is 12.8 Å². The Morgan fingerprint density at radius 3 is 2.66 bits per heavy atom. The van der Waals surface area contributed by atoms with Crippen molar-refractivity contribution in [2.75, 3.05) is 6.54 Å². The number of aromatic nitrogens is 3. The first-order chi connectivity index (χ1) is 15.4. The zero-order valence-corrected chi connectivity index (χ0v) is 20.0. The van der Waals surface area contributed by atoms with Crippen molar-refractivity contribution in [1.82, 2.24) is 24.8 Å². The first kappa shape index (κ1) is 22.7. The number of amides is 2. The second kappa shape index (κ2) is 9.59. The molecule has 4 rings (SSSR count). The van der Waals surface area contributed by atoms with E-state index in [0.29, 0.717) is 18.9 Å². The second-order valence-corrected chi connectivity index (χ2v) is 9.65. The van der Waals surface area contributed by atoms with Crippen molar-refractivity contribution < 1.29 is 9.59 Å². The van der Waals surface area contributed by atoms with Gasteiger partial charge in [0.25, 0.3) is 0 Å². The third kappa shape index (κ3) is 4.52. The first-order valence-electron chi connectivity index (χ1n) is 12.3. The van der Waals surface area contributed by atoms with Gasteiger partial charge in [-0.1, -0.05) is 26.7 Å². The van der Waals surface area contributed by atoms with E-state index in [9.17, 15) is 9.59 Å². The van der Waals surface area contributed by atoms with Crippen molar-refractivity contribution in [2.45, 2.75) is 97.6 Å². The van der Waals surface area contributed by atoms with Crippen LogP contribution in [0.4, 0.5) is 0 Å². The van der Waals surface area contributed by atoms with Gasteiger partial charge < -0.3 is 10.2 Å². The SMILES string of the molecule is CC[C@@H](C)C(=O)N1CCC[C@@H]1c1cc2nc(C)c(CCC(=O)NC3CCCC3)c(C)n2n1. The lowest BCUT2D eigenvalue weighted by molar-refractivity contribution is -0.136. The van der Waals surface area contributed by atoms with Gasteiger partial charge in [-0.2, -0.15) is 5.10 Å². The molecule has 2 atom stereocenters. The molecule has 7 nitrogen and oxygen atoms in total. The molecule has 1 N–H and O–H groups in total. The standard InChI is InChI=1S/C25H37N5O2/c1-5-16(2)25(32)29-14-8-11-22(29)21-15-23-26-17(3)20(18(4)30(23)28-21)12-13-24(31)27-19-9-6-7-10-19/h15-16,19,22H,5-14H2,1-4H3,(H,27,31)/t16-,22-/m1/s1. The molecule has 2 fully saturated rings. The maximum absolute atomic E-state index is 12.9. The lowest BCUT2D eigenvalue weighted by atomic mass is 10.1. The zero-order chi connectivity index (χ0) is 22.8. The van der Waals surface area contributed by atoms with Crippen molar-refractivity contribution in [2.24, 2.45) is 5.92 Å². The number of fused-ring (bicyclic) bond motifs is 1. The van der Waals surface area contributed by atoms with Crippen molar-refractivity contribution >= 4 is 17.5 Å². The maximum atomic E-state index is 12.9. The van der Waals surface area contributed by atoms with Gasteiger partial charge in [0.05, 0.1) is 11.7 Å². The van der Waals surface area contributed by atoms with E-state index in [4.69, 9.17) is 10.1 Å². The third-order valence-electron chi connectivity index (χ3n) is 7.42. The molecular formula is C25H37N5O2. The van der Waals surface area contributed by atoms with Crippen molar-refractivity contribution in [3.8, 4) is 0 Å². The summed E-state index contributed by atoms with van der Waals surface area (Å²) in [7, 11) is 0. The molecule has 2 aromatic heterocycles. The highest BCUT2D eigenvalue weighted by molar-refractivity contribution is 5.79. The molecule has 1 saturated heterocycles. The summed E-state index contributed by atoms with van der Waals surface area (Å²) in [5.74, 6) is 0.390. The quantitative estimate of drug-likeness (QED) is 0.706. The van der Waals surface area contributed by atoms with E-state index in [1.54, 1.807) is 0 Å². The summed E-state index contributed by atoms with van der Waals surface area (Å²) in [6.45, 7) is 8.93. The van der Waals surface area contributed by atoms with Crippen LogP contribution in [0.25, 0.3) is 5.65 Å². The van der Waals surface area contributed by atoms with Crippen LogP contribution >= 0.6 is 0 Å². The molecule has 2 aromatic rings. The predicted octanol–water partition coefficient (Wildman–Crippen LogP) is 4.05. The summed E-state index contributed by atoms with van der Waals surface area (Å²) in [5.41, 5.74) is 4.81. The smallest absolute Gasteiger partial charge is 0.225 e. The van der Waals surface area contributed by atoms with Crippen LogP contribution in [0, 0.1) is 19.8 Å². The largest absolute Gasteiger partial charge is 0.353 e. The maximum Gasteiger partial charge on any atom is 0.225 e. The Bertz CT molecular complexity index is 992. The van der Waals surface area contributed by atoms with Gasteiger partial charge in [-0.25, -0.2) is 9.50 Å². The van der Waals surface area contributed by atoms with Gasteiger partial charge in [0.15, 0.2) is 5.65 Å². The molecule has 7 heteroatoms. The highest BCUT2D eigenvalue weighted by atomic mass is 16.2. The topological polar surface area (TPSA) is 79.6 Å². The summed E-state index contributed by atoms with van der Waals surface area (Å²) in [4.78, 5) is 32.1. The summed E-state index contributed by atoms with van der Waals surface area (Å²) in [5, 5.41) is 8.06. The number of hydrogen-bond donors (Lipinski definition) is 1. The Balaban J connectivity index is 1.52. The van der Waals surface area contributed by atoms with Crippen LogP contribution < -0.4 is 5.32 Å². The van der Waals surface area contributed by atoms with Gasteiger partial charge in [-0.05, 0) is 57.9 Å². The molecule has 2 aliphatic rings. The fraction of sp³-hybridized carbons (Fsp3) is 0.680. The molecule has 1 saturated carbocycles. The summed E-state index contributed by atoms with van der Waals surface area (Å²) in [6.07, 6.45) is 8.57. The number of likely N-dealkylation sites (tertiary alicyclic amines) is 1. The van der Waals surface area contributed by atoms with Crippen molar-refractivity contribution in [3.63, 3.8) is 0 Å². The number of nitrogens with zero attached hydrogens (tertiary/aromatic N) is 4. The molecule has 0 aromatic carbocycles. The van der Waals surface area contributed by atoms with E-state index < -0.39 is 0 Å². The third-order valence-corrected chi connectivity index (χ3v) is 7.42. The predicted molar refractivity (Wildman–Crippen MR) is 124 cm³/mol. The number of hydrogen-bond acceptors (Lipinski definition) is 4. The number of carbonyl (C=O) groups is 2. The lowest BCUT2D eigenvalue weighted by Gasteiger charge is -2.26. The molecule has 0 unspecified atom stereocenters. The Morgan fingerprint density at radius 2 is 1.94 bits per heavy atom. The normalized spacial score (nSPS) is 20.2. The molecule has 1 aliphatic carbocycles. The molecule has 0 bridgehead atoms. The number of rotatable bonds is 7. The Labute approximate surface area is 191 Å². The lowest BCUT2D eigenvalue weighted by Crippen LogP contribution is -2.34. The fourth-order valence-electron chi connectivity index (χ4n) is 5.27. The van der Waals surface area contributed by atoms with Crippen molar-refractivity contribution in [3.05, 3.63) is 28.7 Å². The van der Waals surface area contributed by atoms with Crippen LogP contribution in [0.3, 0.4) is 0 Å². The Kier molecular flexibility index (Phi) is 6.82. The molecule has 1 aliphatic heterocycles. The van der Waals surface area contributed by atoms with Crippen LogP contribution in [0.2, 0.25) is 0 Å².